The fourth-order valence-electron chi connectivity index (χ4n) is 1.86. The van der Waals surface area contributed by atoms with E-state index in [1.807, 2.05) is 5.43 Å². The molecule has 0 unspecified atom stereocenters. The average Bonchev–Trinajstić information content (AvgIpc) is 2.59. The van der Waals surface area contributed by atoms with Gasteiger partial charge in [-0.05, 0) is 24.3 Å². The number of hydrazone groups is 1. The van der Waals surface area contributed by atoms with Gasteiger partial charge in [-0.3, -0.25) is 5.43 Å². The van der Waals surface area contributed by atoms with Crippen molar-refractivity contribution in [1.82, 2.24) is 0 Å². The Morgan fingerprint density at radius 2 is 1.57 bits per heavy atom. The molecule has 0 spiro atoms. The third-order valence-electron chi connectivity index (χ3n) is 3.05. The molecule has 0 heterocycles. The summed E-state index contributed by atoms with van der Waals surface area (Å²) in [7, 11) is 0. The summed E-state index contributed by atoms with van der Waals surface area (Å²) in [5, 5.41) is 20.5. The standard InChI is InChI=1S/C16H5BrF6N4O/c17-8-3-10(18)14(27-26-9(5-24)6-25)13(4-8)28-15-11(19)1-7(2-12(15)20)16(21,22)23/h1-4,27H. The molecular formula is C16H5BrF6N4O. The molecule has 2 rings (SSSR count). The molecule has 2 aromatic rings. The van der Waals surface area contributed by atoms with Gasteiger partial charge in [0, 0.05) is 4.47 Å². The van der Waals surface area contributed by atoms with Crippen molar-refractivity contribution in [2.24, 2.45) is 5.10 Å². The molecule has 0 amide bonds. The van der Waals surface area contributed by atoms with Crippen molar-refractivity contribution in [2.75, 3.05) is 5.43 Å². The summed E-state index contributed by atoms with van der Waals surface area (Å²) >= 11 is 2.92. The highest BCUT2D eigenvalue weighted by Crippen LogP contribution is 2.39. The van der Waals surface area contributed by atoms with Crippen LogP contribution in [0.2, 0.25) is 0 Å². The zero-order valence-corrected chi connectivity index (χ0v) is 14.8. The molecule has 144 valence electrons. The van der Waals surface area contributed by atoms with Crippen molar-refractivity contribution >= 4 is 27.3 Å². The van der Waals surface area contributed by atoms with E-state index in [2.05, 4.69) is 21.0 Å². The molecule has 28 heavy (non-hydrogen) atoms. The Morgan fingerprint density at radius 1 is 1.00 bits per heavy atom. The Hall–Kier alpha value is -3.25. The first-order valence-corrected chi connectivity index (χ1v) is 7.73. The quantitative estimate of drug-likeness (QED) is 0.370. The molecule has 12 heteroatoms. The number of ether oxygens (including phenoxy) is 1. The zero-order valence-electron chi connectivity index (χ0n) is 13.2. The van der Waals surface area contributed by atoms with E-state index in [9.17, 15) is 26.3 Å². The van der Waals surface area contributed by atoms with Crippen molar-refractivity contribution in [1.29, 1.82) is 10.5 Å². The van der Waals surface area contributed by atoms with Crippen LogP contribution in [0.1, 0.15) is 5.56 Å². The smallest absolute Gasteiger partial charge is 0.416 e. The minimum atomic E-state index is -4.99. The van der Waals surface area contributed by atoms with E-state index in [4.69, 9.17) is 15.3 Å². The normalized spacial score (nSPS) is 10.6. The van der Waals surface area contributed by atoms with Gasteiger partial charge in [0.2, 0.25) is 5.71 Å². The number of nitrogens with zero attached hydrogens (tertiary/aromatic N) is 3. The summed E-state index contributed by atoms with van der Waals surface area (Å²) in [6.45, 7) is 0. The third kappa shape index (κ3) is 4.72. The lowest BCUT2D eigenvalue weighted by Gasteiger charge is -2.14. The van der Waals surface area contributed by atoms with Gasteiger partial charge < -0.3 is 4.74 Å². The molecule has 1 N–H and O–H groups in total. The predicted molar refractivity (Wildman–Crippen MR) is 87.8 cm³/mol. The SMILES string of the molecule is N#CC(C#N)=NNc1c(F)cc(Br)cc1Oc1c(F)cc(C(F)(F)F)cc1F. The molecule has 5 nitrogen and oxygen atoms in total. The molecule has 2 aromatic carbocycles. The van der Waals surface area contributed by atoms with Gasteiger partial charge in [-0.25, -0.2) is 13.2 Å². The predicted octanol–water partition coefficient (Wildman–Crippen LogP) is 5.49. The van der Waals surface area contributed by atoms with E-state index >= 15 is 0 Å². The number of hydrogen-bond donors (Lipinski definition) is 1. The fraction of sp³-hybridized carbons (Fsp3) is 0.0625. The van der Waals surface area contributed by atoms with Gasteiger partial charge in [0.1, 0.15) is 17.8 Å². The summed E-state index contributed by atoms with van der Waals surface area (Å²) < 4.78 is 84.9. The number of anilines is 1. The molecule has 0 saturated heterocycles. The van der Waals surface area contributed by atoms with Gasteiger partial charge in [-0.15, -0.1) is 0 Å². The number of nitrogens with one attached hydrogen (secondary N) is 1. The maximum atomic E-state index is 14.1. The molecule has 0 aliphatic heterocycles. The molecule has 0 saturated carbocycles. The third-order valence-corrected chi connectivity index (χ3v) is 3.51. The minimum Gasteiger partial charge on any atom is -0.449 e. The Kier molecular flexibility index (Phi) is 6.16. The van der Waals surface area contributed by atoms with Crippen LogP contribution in [0, 0.1) is 40.1 Å². The summed E-state index contributed by atoms with van der Waals surface area (Å²) in [5.41, 5.74) is -0.890. The van der Waals surface area contributed by atoms with Crippen LogP contribution in [-0.2, 0) is 6.18 Å². The number of nitriles is 2. The van der Waals surface area contributed by atoms with Gasteiger partial charge in [0.05, 0.1) is 5.56 Å². The molecule has 0 atom stereocenters. The number of halogens is 7. The van der Waals surface area contributed by atoms with Gasteiger partial charge in [-0.2, -0.15) is 28.8 Å². The van der Waals surface area contributed by atoms with E-state index < -0.39 is 52.1 Å². The summed E-state index contributed by atoms with van der Waals surface area (Å²) in [6.07, 6.45) is -4.99. The Morgan fingerprint density at radius 3 is 2.07 bits per heavy atom. The van der Waals surface area contributed by atoms with Crippen LogP contribution < -0.4 is 10.2 Å². The van der Waals surface area contributed by atoms with Crippen molar-refractivity contribution in [3.63, 3.8) is 0 Å². The van der Waals surface area contributed by atoms with Gasteiger partial charge in [-0.1, -0.05) is 15.9 Å². The van der Waals surface area contributed by atoms with Crippen molar-refractivity contribution in [3.8, 4) is 23.6 Å². The summed E-state index contributed by atoms with van der Waals surface area (Å²) in [6, 6.07) is 4.75. The lowest BCUT2D eigenvalue weighted by molar-refractivity contribution is -0.138. The van der Waals surface area contributed by atoms with E-state index in [0.717, 1.165) is 12.1 Å². The van der Waals surface area contributed by atoms with E-state index in [1.54, 1.807) is 0 Å². The Labute approximate surface area is 161 Å². The zero-order chi connectivity index (χ0) is 21.1. The molecule has 0 aliphatic carbocycles. The topological polar surface area (TPSA) is 81.2 Å². The van der Waals surface area contributed by atoms with Crippen LogP contribution in [-0.4, -0.2) is 5.71 Å². The Balaban J connectivity index is 2.51. The number of benzene rings is 2. The fourth-order valence-corrected chi connectivity index (χ4v) is 2.27. The van der Waals surface area contributed by atoms with Crippen LogP contribution in [0.15, 0.2) is 33.8 Å². The lowest BCUT2D eigenvalue weighted by atomic mass is 10.2. The van der Waals surface area contributed by atoms with Crippen LogP contribution >= 0.6 is 15.9 Å². The second kappa shape index (κ2) is 8.19. The molecule has 0 aliphatic rings. The average molecular weight is 463 g/mol. The van der Waals surface area contributed by atoms with Crippen LogP contribution in [0.5, 0.6) is 11.5 Å². The first kappa shape index (κ1) is 21.1. The lowest BCUT2D eigenvalue weighted by Crippen LogP contribution is -2.07. The number of rotatable bonds is 4. The molecule has 0 radical (unpaired) electrons. The molecule has 0 aromatic heterocycles. The second-order valence-electron chi connectivity index (χ2n) is 4.93. The number of hydrogen-bond acceptors (Lipinski definition) is 5. The van der Waals surface area contributed by atoms with Crippen molar-refractivity contribution in [3.05, 3.63) is 51.8 Å². The van der Waals surface area contributed by atoms with Crippen LogP contribution in [0.3, 0.4) is 0 Å². The highest BCUT2D eigenvalue weighted by Gasteiger charge is 2.33. The van der Waals surface area contributed by atoms with Gasteiger partial charge in [0.25, 0.3) is 0 Å². The molecular weight excluding hydrogens is 458 g/mol. The Bertz CT molecular complexity index is 1000. The molecule has 0 bridgehead atoms. The first-order valence-electron chi connectivity index (χ1n) is 6.93. The van der Waals surface area contributed by atoms with E-state index in [-0.39, 0.29) is 16.6 Å². The maximum absolute atomic E-state index is 14.1. The maximum Gasteiger partial charge on any atom is 0.416 e. The highest BCUT2D eigenvalue weighted by atomic mass is 79.9. The summed E-state index contributed by atoms with van der Waals surface area (Å²) in [4.78, 5) is 0. The monoisotopic (exact) mass is 462 g/mol. The molecule has 0 fully saturated rings. The minimum absolute atomic E-state index is 0.0154. The van der Waals surface area contributed by atoms with E-state index in [0.29, 0.717) is 0 Å². The second-order valence-corrected chi connectivity index (χ2v) is 5.84. The first-order chi connectivity index (χ1) is 13.1. The van der Waals surface area contributed by atoms with Crippen molar-refractivity contribution in [2.45, 2.75) is 6.18 Å². The van der Waals surface area contributed by atoms with Gasteiger partial charge >= 0.3 is 6.18 Å². The summed E-state index contributed by atoms with van der Waals surface area (Å²) in [5.74, 6) is -6.23. The highest BCUT2D eigenvalue weighted by molar-refractivity contribution is 9.10. The van der Waals surface area contributed by atoms with Gasteiger partial charge in [0.15, 0.2) is 29.0 Å². The van der Waals surface area contributed by atoms with Crippen LogP contribution in [0.4, 0.5) is 32.0 Å². The van der Waals surface area contributed by atoms with Crippen molar-refractivity contribution < 1.29 is 31.1 Å². The number of alkyl halides is 3. The largest absolute Gasteiger partial charge is 0.449 e. The van der Waals surface area contributed by atoms with E-state index in [1.165, 1.54) is 12.1 Å². The van der Waals surface area contributed by atoms with Crippen LogP contribution in [0.25, 0.3) is 0 Å².